The molecule has 2 N–H and O–H groups in total. The maximum absolute atomic E-state index is 13.8. The summed E-state index contributed by atoms with van der Waals surface area (Å²) in [6, 6.07) is 16.8. The topological polar surface area (TPSA) is 56.3 Å². The number of halogens is 1. The van der Waals surface area contributed by atoms with Crippen LogP contribution in [0.3, 0.4) is 0 Å². The molecule has 0 radical (unpaired) electrons. The molecule has 1 aromatic heterocycles. The van der Waals surface area contributed by atoms with Gasteiger partial charge in [0.05, 0.1) is 0 Å². The number of hydrogen-bond acceptors (Lipinski definition) is 6. The van der Waals surface area contributed by atoms with Crippen LogP contribution < -0.4 is 15.5 Å². The van der Waals surface area contributed by atoms with Crippen molar-refractivity contribution < 1.29 is 4.39 Å². The van der Waals surface area contributed by atoms with Gasteiger partial charge in [0.1, 0.15) is 11.6 Å². The molecule has 0 aliphatic carbocycles. The Morgan fingerprint density at radius 3 is 2.48 bits per heavy atom. The molecular weight excluding hydrogens is 367 g/mol. The van der Waals surface area contributed by atoms with E-state index in [1.54, 1.807) is 24.4 Å². The molecule has 0 bridgehead atoms. The minimum Gasteiger partial charge on any atom is -0.369 e. The van der Waals surface area contributed by atoms with Crippen LogP contribution in [-0.2, 0) is 6.54 Å². The highest BCUT2D eigenvalue weighted by Gasteiger charge is 2.14. The average molecular weight is 392 g/mol. The van der Waals surface area contributed by atoms with Crippen LogP contribution in [0, 0.1) is 5.82 Å². The fourth-order valence-corrected chi connectivity index (χ4v) is 3.29. The average Bonchev–Trinajstić information content (AvgIpc) is 2.75. The molecule has 2 aromatic carbocycles. The Kier molecular flexibility index (Phi) is 5.86. The number of nitrogens with one attached hydrogen (secondary N) is 2. The van der Waals surface area contributed by atoms with Crippen molar-refractivity contribution in [2.24, 2.45) is 0 Å². The highest BCUT2D eigenvalue weighted by atomic mass is 19.1. The van der Waals surface area contributed by atoms with Crippen LogP contribution >= 0.6 is 0 Å². The number of anilines is 4. The smallest absolute Gasteiger partial charge is 0.229 e. The molecule has 0 spiro atoms. The summed E-state index contributed by atoms with van der Waals surface area (Å²) in [5, 5.41) is 6.37. The van der Waals surface area contributed by atoms with Gasteiger partial charge in [0.2, 0.25) is 5.95 Å². The molecule has 1 saturated heterocycles. The maximum atomic E-state index is 13.8. The maximum Gasteiger partial charge on any atom is 0.229 e. The van der Waals surface area contributed by atoms with Crippen molar-refractivity contribution in [3.63, 3.8) is 0 Å². The van der Waals surface area contributed by atoms with Gasteiger partial charge in [-0.15, -0.1) is 0 Å². The Bertz CT molecular complexity index is 938. The summed E-state index contributed by atoms with van der Waals surface area (Å²) in [4.78, 5) is 13.5. The highest BCUT2D eigenvalue weighted by Crippen LogP contribution is 2.21. The summed E-state index contributed by atoms with van der Waals surface area (Å²) >= 11 is 0. The molecule has 1 aliphatic rings. The second-order valence-corrected chi connectivity index (χ2v) is 7.17. The summed E-state index contributed by atoms with van der Waals surface area (Å²) < 4.78 is 13.8. The quantitative estimate of drug-likeness (QED) is 0.667. The lowest BCUT2D eigenvalue weighted by atomic mass is 10.2. The molecule has 0 atom stereocenters. The predicted molar refractivity (Wildman–Crippen MR) is 115 cm³/mol. The zero-order chi connectivity index (χ0) is 20.1. The van der Waals surface area contributed by atoms with Crippen LogP contribution in [0.2, 0.25) is 0 Å². The van der Waals surface area contributed by atoms with E-state index in [1.807, 2.05) is 18.2 Å². The fraction of sp³-hybridized carbons (Fsp3) is 0.273. The fourth-order valence-electron chi connectivity index (χ4n) is 3.29. The standard InChI is InChI=1S/C22H25FN6/c1-28-12-14-29(15-13-28)19-8-6-18(7-9-19)26-22-24-11-10-21(27-22)25-16-17-4-2-3-5-20(17)23/h2-11H,12-16H2,1H3,(H2,24,25,26,27). The minimum atomic E-state index is -0.229. The third-order valence-electron chi connectivity index (χ3n) is 5.07. The van der Waals surface area contributed by atoms with E-state index in [0.717, 1.165) is 31.9 Å². The lowest BCUT2D eigenvalue weighted by Gasteiger charge is -2.34. The Morgan fingerprint density at radius 2 is 1.72 bits per heavy atom. The van der Waals surface area contributed by atoms with Crippen molar-refractivity contribution in [3.05, 3.63) is 72.2 Å². The Labute approximate surface area is 170 Å². The Morgan fingerprint density at radius 1 is 0.966 bits per heavy atom. The van der Waals surface area contributed by atoms with Gasteiger partial charge in [0.15, 0.2) is 0 Å². The van der Waals surface area contributed by atoms with E-state index in [2.05, 4.69) is 49.6 Å². The number of piperazine rings is 1. The first-order valence-electron chi connectivity index (χ1n) is 9.78. The number of rotatable bonds is 6. The molecule has 4 rings (SSSR count). The van der Waals surface area contributed by atoms with E-state index in [4.69, 9.17) is 0 Å². The van der Waals surface area contributed by atoms with Gasteiger partial charge in [-0.1, -0.05) is 18.2 Å². The number of benzene rings is 2. The summed E-state index contributed by atoms with van der Waals surface area (Å²) in [5.74, 6) is 0.906. The van der Waals surface area contributed by atoms with Gasteiger partial charge < -0.3 is 20.4 Å². The summed E-state index contributed by atoms with van der Waals surface area (Å²) in [6.45, 7) is 4.62. The van der Waals surface area contributed by atoms with Crippen LogP contribution in [0.1, 0.15) is 5.56 Å². The van der Waals surface area contributed by atoms with Gasteiger partial charge in [-0.25, -0.2) is 9.37 Å². The van der Waals surface area contributed by atoms with Gasteiger partial charge >= 0.3 is 0 Å². The van der Waals surface area contributed by atoms with E-state index < -0.39 is 0 Å². The first-order chi connectivity index (χ1) is 14.2. The van der Waals surface area contributed by atoms with Crippen LogP contribution in [0.5, 0.6) is 0 Å². The molecule has 0 unspecified atom stereocenters. The highest BCUT2D eigenvalue weighted by molar-refractivity contribution is 5.60. The number of hydrogen-bond donors (Lipinski definition) is 2. The molecule has 7 heteroatoms. The number of aromatic nitrogens is 2. The first kappa shape index (κ1) is 19.1. The molecule has 150 valence electrons. The largest absolute Gasteiger partial charge is 0.369 e. The Balaban J connectivity index is 1.37. The molecule has 6 nitrogen and oxygen atoms in total. The van der Waals surface area contributed by atoms with Crippen LogP contribution in [-0.4, -0.2) is 48.1 Å². The van der Waals surface area contributed by atoms with Crippen molar-refractivity contribution in [1.29, 1.82) is 0 Å². The van der Waals surface area contributed by atoms with Gasteiger partial charge in [-0.05, 0) is 43.4 Å². The van der Waals surface area contributed by atoms with Crippen LogP contribution in [0.15, 0.2) is 60.8 Å². The molecule has 2 heterocycles. The van der Waals surface area contributed by atoms with E-state index in [1.165, 1.54) is 11.8 Å². The SMILES string of the molecule is CN1CCN(c2ccc(Nc3nccc(NCc4ccccc4F)n3)cc2)CC1. The second kappa shape index (κ2) is 8.87. The number of likely N-dealkylation sites (N-methyl/N-ethyl adjacent to an activating group) is 1. The molecule has 3 aromatic rings. The van der Waals surface area contributed by atoms with Gasteiger partial charge in [-0.2, -0.15) is 4.98 Å². The Hall–Kier alpha value is -3.19. The molecule has 1 fully saturated rings. The third kappa shape index (κ3) is 5.00. The zero-order valence-corrected chi connectivity index (χ0v) is 16.5. The van der Waals surface area contributed by atoms with Crippen molar-refractivity contribution in [2.45, 2.75) is 6.54 Å². The van der Waals surface area contributed by atoms with Crippen LogP contribution in [0.25, 0.3) is 0 Å². The zero-order valence-electron chi connectivity index (χ0n) is 16.5. The summed E-state index contributed by atoms with van der Waals surface area (Å²) in [5.41, 5.74) is 2.75. The molecule has 1 aliphatic heterocycles. The summed E-state index contributed by atoms with van der Waals surface area (Å²) in [6.07, 6.45) is 1.68. The molecule has 29 heavy (non-hydrogen) atoms. The van der Waals surface area contributed by atoms with E-state index in [9.17, 15) is 4.39 Å². The molecular formula is C22H25FN6. The van der Waals surface area contributed by atoms with E-state index in [-0.39, 0.29) is 5.82 Å². The van der Waals surface area contributed by atoms with Crippen molar-refractivity contribution in [2.75, 3.05) is 48.8 Å². The molecule has 0 saturated carbocycles. The second-order valence-electron chi connectivity index (χ2n) is 7.17. The third-order valence-corrected chi connectivity index (χ3v) is 5.07. The lowest BCUT2D eigenvalue weighted by molar-refractivity contribution is 0.313. The molecule has 0 amide bonds. The van der Waals surface area contributed by atoms with Crippen LogP contribution in [0.4, 0.5) is 27.5 Å². The van der Waals surface area contributed by atoms with Gasteiger partial charge in [0.25, 0.3) is 0 Å². The first-order valence-corrected chi connectivity index (χ1v) is 9.78. The minimum absolute atomic E-state index is 0.229. The predicted octanol–water partition coefficient (Wildman–Crippen LogP) is 3.72. The monoisotopic (exact) mass is 392 g/mol. The normalized spacial score (nSPS) is 14.6. The number of nitrogens with zero attached hydrogens (tertiary/aromatic N) is 4. The van der Waals surface area contributed by atoms with E-state index in [0.29, 0.717) is 23.9 Å². The van der Waals surface area contributed by atoms with E-state index >= 15 is 0 Å². The lowest BCUT2D eigenvalue weighted by Crippen LogP contribution is -2.44. The van der Waals surface area contributed by atoms with Gasteiger partial charge in [-0.3, -0.25) is 0 Å². The van der Waals surface area contributed by atoms with Crippen molar-refractivity contribution >= 4 is 23.1 Å². The van der Waals surface area contributed by atoms with Gasteiger partial charge in [0, 0.05) is 55.9 Å². The van der Waals surface area contributed by atoms with Crippen molar-refractivity contribution in [1.82, 2.24) is 14.9 Å². The summed E-state index contributed by atoms with van der Waals surface area (Å²) in [7, 11) is 2.16. The van der Waals surface area contributed by atoms with Crippen molar-refractivity contribution in [3.8, 4) is 0 Å².